The van der Waals surface area contributed by atoms with E-state index in [0.717, 1.165) is 49.3 Å². The molecule has 0 bridgehead atoms. The highest BCUT2D eigenvalue weighted by Crippen LogP contribution is 2.34. The Balaban J connectivity index is 1.66. The molecule has 1 saturated heterocycles. The van der Waals surface area contributed by atoms with Crippen molar-refractivity contribution >= 4 is 21.8 Å². The molecule has 0 saturated carbocycles. The van der Waals surface area contributed by atoms with E-state index in [1.54, 1.807) is 0 Å². The standard InChI is InChI=1S/C17H23BrN2O2/c1-2-20-11-12(8-17(20)21)10-19-15-4-3-7-22-16-6-5-13(18)9-14(15)16/h5-6,9,12,15,19H,2-4,7-8,10-11H2,1H3. The lowest BCUT2D eigenvalue weighted by atomic mass is 10.0. The fraction of sp³-hybridized carbons (Fsp3) is 0.588. The molecule has 2 aliphatic heterocycles. The van der Waals surface area contributed by atoms with Crippen molar-refractivity contribution < 1.29 is 9.53 Å². The van der Waals surface area contributed by atoms with E-state index in [0.29, 0.717) is 24.3 Å². The molecule has 2 atom stereocenters. The van der Waals surface area contributed by atoms with E-state index in [9.17, 15) is 4.79 Å². The van der Waals surface area contributed by atoms with E-state index >= 15 is 0 Å². The van der Waals surface area contributed by atoms with Crippen LogP contribution in [0, 0.1) is 5.92 Å². The Morgan fingerprint density at radius 2 is 2.32 bits per heavy atom. The molecule has 1 fully saturated rings. The zero-order chi connectivity index (χ0) is 15.5. The highest BCUT2D eigenvalue weighted by atomic mass is 79.9. The fourth-order valence-corrected chi connectivity index (χ4v) is 3.74. The van der Waals surface area contributed by atoms with E-state index in [4.69, 9.17) is 4.74 Å². The van der Waals surface area contributed by atoms with Gasteiger partial charge in [0.25, 0.3) is 0 Å². The van der Waals surface area contributed by atoms with Gasteiger partial charge in [-0.3, -0.25) is 4.79 Å². The highest BCUT2D eigenvalue weighted by molar-refractivity contribution is 9.10. The second-order valence-electron chi connectivity index (χ2n) is 6.14. The molecule has 0 aromatic heterocycles. The Bertz CT molecular complexity index is 549. The van der Waals surface area contributed by atoms with Gasteiger partial charge >= 0.3 is 0 Å². The van der Waals surface area contributed by atoms with Gasteiger partial charge in [-0.25, -0.2) is 0 Å². The second-order valence-corrected chi connectivity index (χ2v) is 7.05. The Morgan fingerprint density at radius 3 is 3.09 bits per heavy atom. The summed E-state index contributed by atoms with van der Waals surface area (Å²) >= 11 is 3.55. The number of nitrogens with one attached hydrogen (secondary N) is 1. The van der Waals surface area contributed by atoms with Crippen molar-refractivity contribution in [3.8, 4) is 5.75 Å². The lowest BCUT2D eigenvalue weighted by molar-refractivity contribution is -0.127. The van der Waals surface area contributed by atoms with Crippen LogP contribution < -0.4 is 10.1 Å². The minimum absolute atomic E-state index is 0.293. The van der Waals surface area contributed by atoms with Crippen molar-refractivity contribution in [1.82, 2.24) is 10.2 Å². The van der Waals surface area contributed by atoms with Gasteiger partial charge in [-0.1, -0.05) is 15.9 Å². The third-order valence-electron chi connectivity index (χ3n) is 4.57. The van der Waals surface area contributed by atoms with Gasteiger partial charge < -0.3 is 15.0 Å². The molecular formula is C17H23BrN2O2. The largest absolute Gasteiger partial charge is 0.493 e. The molecule has 1 N–H and O–H groups in total. The molecule has 5 heteroatoms. The Labute approximate surface area is 140 Å². The van der Waals surface area contributed by atoms with Gasteiger partial charge in [-0.2, -0.15) is 0 Å². The van der Waals surface area contributed by atoms with Crippen LogP contribution in [0.3, 0.4) is 0 Å². The molecule has 3 rings (SSSR count). The minimum Gasteiger partial charge on any atom is -0.493 e. The Morgan fingerprint density at radius 1 is 1.45 bits per heavy atom. The zero-order valence-electron chi connectivity index (χ0n) is 13.0. The van der Waals surface area contributed by atoms with Crippen LogP contribution in [-0.2, 0) is 4.79 Å². The van der Waals surface area contributed by atoms with Crippen LogP contribution in [0.4, 0.5) is 0 Å². The topological polar surface area (TPSA) is 41.6 Å². The van der Waals surface area contributed by atoms with E-state index in [-0.39, 0.29) is 0 Å². The van der Waals surface area contributed by atoms with Crippen molar-refractivity contribution in [2.45, 2.75) is 32.2 Å². The SMILES string of the molecule is CCN1CC(CNC2CCCOc3ccc(Br)cc32)CC1=O. The van der Waals surface area contributed by atoms with Crippen LogP contribution in [-0.4, -0.2) is 37.0 Å². The van der Waals surface area contributed by atoms with Crippen molar-refractivity contribution in [2.24, 2.45) is 5.92 Å². The first-order valence-electron chi connectivity index (χ1n) is 8.10. The fourth-order valence-electron chi connectivity index (χ4n) is 3.37. The average Bonchev–Trinajstić information content (AvgIpc) is 2.75. The van der Waals surface area contributed by atoms with Gasteiger partial charge in [0.2, 0.25) is 5.91 Å². The minimum atomic E-state index is 0.293. The number of carbonyl (C=O) groups is 1. The Hall–Kier alpha value is -1.07. The van der Waals surface area contributed by atoms with Gasteiger partial charge in [-0.15, -0.1) is 0 Å². The molecule has 2 aliphatic rings. The summed E-state index contributed by atoms with van der Waals surface area (Å²) in [7, 11) is 0. The van der Waals surface area contributed by atoms with Crippen molar-refractivity contribution in [1.29, 1.82) is 0 Å². The molecule has 22 heavy (non-hydrogen) atoms. The molecule has 1 aromatic rings. The first kappa shape index (κ1) is 15.8. The molecule has 2 unspecified atom stereocenters. The number of rotatable bonds is 4. The normalized spacial score (nSPS) is 24.8. The van der Waals surface area contributed by atoms with E-state index in [2.05, 4.69) is 27.3 Å². The molecule has 1 aromatic carbocycles. The summed E-state index contributed by atoms with van der Waals surface area (Å²) in [6, 6.07) is 6.52. The summed E-state index contributed by atoms with van der Waals surface area (Å²) in [5, 5.41) is 3.67. The monoisotopic (exact) mass is 366 g/mol. The number of carbonyl (C=O) groups excluding carboxylic acids is 1. The predicted octanol–water partition coefficient (Wildman–Crippen LogP) is 3.12. The van der Waals surface area contributed by atoms with Crippen LogP contribution in [0.25, 0.3) is 0 Å². The molecule has 0 radical (unpaired) electrons. The maximum Gasteiger partial charge on any atom is 0.222 e. The number of likely N-dealkylation sites (tertiary alicyclic amines) is 1. The van der Waals surface area contributed by atoms with Gasteiger partial charge in [0, 0.05) is 42.1 Å². The van der Waals surface area contributed by atoms with Crippen LogP contribution >= 0.6 is 15.9 Å². The van der Waals surface area contributed by atoms with Gasteiger partial charge in [0.1, 0.15) is 5.75 Å². The van der Waals surface area contributed by atoms with Crippen LogP contribution in [0.1, 0.15) is 37.8 Å². The molecule has 4 nitrogen and oxygen atoms in total. The third-order valence-corrected chi connectivity index (χ3v) is 5.06. The summed E-state index contributed by atoms with van der Waals surface area (Å²) in [6.07, 6.45) is 2.80. The average molecular weight is 367 g/mol. The highest BCUT2D eigenvalue weighted by Gasteiger charge is 2.29. The zero-order valence-corrected chi connectivity index (χ0v) is 14.6. The predicted molar refractivity (Wildman–Crippen MR) is 90.0 cm³/mol. The number of hydrogen-bond donors (Lipinski definition) is 1. The van der Waals surface area contributed by atoms with Crippen LogP contribution in [0.5, 0.6) is 5.75 Å². The maximum absolute atomic E-state index is 11.8. The summed E-state index contributed by atoms with van der Waals surface area (Å²) < 4.78 is 6.91. The summed E-state index contributed by atoms with van der Waals surface area (Å²) in [6.45, 7) is 5.42. The van der Waals surface area contributed by atoms with Crippen LogP contribution in [0.2, 0.25) is 0 Å². The number of nitrogens with zero attached hydrogens (tertiary/aromatic N) is 1. The van der Waals surface area contributed by atoms with Gasteiger partial charge in [-0.05, 0) is 43.9 Å². The lowest BCUT2D eigenvalue weighted by Gasteiger charge is -2.21. The number of amides is 1. The maximum atomic E-state index is 11.8. The van der Waals surface area contributed by atoms with E-state index in [1.165, 1.54) is 5.56 Å². The quantitative estimate of drug-likeness (QED) is 0.889. The molecule has 0 aliphatic carbocycles. The lowest BCUT2D eigenvalue weighted by Crippen LogP contribution is -2.29. The van der Waals surface area contributed by atoms with E-state index < -0.39 is 0 Å². The van der Waals surface area contributed by atoms with Crippen molar-refractivity contribution in [3.05, 3.63) is 28.2 Å². The number of ether oxygens (including phenoxy) is 1. The number of benzene rings is 1. The molecule has 2 heterocycles. The van der Waals surface area contributed by atoms with Gasteiger partial charge in [0.05, 0.1) is 6.61 Å². The molecule has 120 valence electrons. The number of fused-ring (bicyclic) bond motifs is 1. The molecular weight excluding hydrogens is 344 g/mol. The second kappa shape index (κ2) is 7.01. The summed E-state index contributed by atoms with van der Waals surface area (Å²) in [5.41, 5.74) is 1.23. The summed E-state index contributed by atoms with van der Waals surface area (Å²) in [4.78, 5) is 13.8. The Kier molecular flexibility index (Phi) is 5.03. The van der Waals surface area contributed by atoms with E-state index in [1.807, 2.05) is 24.0 Å². The molecule has 0 spiro atoms. The third kappa shape index (κ3) is 3.46. The van der Waals surface area contributed by atoms with Crippen molar-refractivity contribution in [2.75, 3.05) is 26.2 Å². The smallest absolute Gasteiger partial charge is 0.222 e. The first-order chi connectivity index (χ1) is 10.7. The number of hydrogen-bond acceptors (Lipinski definition) is 3. The molecule has 1 amide bonds. The summed E-state index contributed by atoms with van der Waals surface area (Å²) in [5.74, 6) is 1.70. The number of halogens is 1. The first-order valence-corrected chi connectivity index (χ1v) is 8.90. The van der Waals surface area contributed by atoms with Gasteiger partial charge in [0.15, 0.2) is 0 Å². The van der Waals surface area contributed by atoms with Crippen molar-refractivity contribution in [3.63, 3.8) is 0 Å². The van der Waals surface area contributed by atoms with Crippen LogP contribution in [0.15, 0.2) is 22.7 Å².